The third-order valence-electron chi connectivity index (χ3n) is 3.82. The number of rotatable bonds is 1. The molecular formula is C15H17BrF3NO. The zero-order chi connectivity index (χ0) is 15.6. The van der Waals surface area contributed by atoms with Gasteiger partial charge in [-0.25, -0.2) is 0 Å². The molecule has 2 nitrogen and oxygen atoms in total. The topological polar surface area (TPSA) is 20.3 Å². The Morgan fingerprint density at radius 2 is 2.00 bits per heavy atom. The van der Waals surface area contributed by atoms with E-state index in [0.717, 1.165) is 25.3 Å². The molecule has 1 atom stereocenters. The van der Waals surface area contributed by atoms with Crippen molar-refractivity contribution in [3.8, 4) is 0 Å². The van der Waals surface area contributed by atoms with Crippen LogP contribution in [0.25, 0.3) is 0 Å². The molecule has 1 aromatic rings. The summed E-state index contributed by atoms with van der Waals surface area (Å²) in [5.41, 5.74) is -1.14. The first-order valence-corrected chi connectivity index (χ1v) is 7.74. The van der Waals surface area contributed by atoms with Gasteiger partial charge in [0.25, 0.3) is 5.91 Å². The van der Waals surface area contributed by atoms with Crippen LogP contribution >= 0.6 is 15.9 Å². The van der Waals surface area contributed by atoms with Gasteiger partial charge in [-0.3, -0.25) is 4.79 Å². The molecule has 1 unspecified atom stereocenters. The summed E-state index contributed by atoms with van der Waals surface area (Å²) >= 11 is 3.03. The lowest BCUT2D eigenvalue weighted by Crippen LogP contribution is -2.33. The van der Waals surface area contributed by atoms with Gasteiger partial charge in [0, 0.05) is 17.6 Å². The molecule has 0 aromatic heterocycles. The summed E-state index contributed by atoms with van der Waals surface area (Å²) < 4.78 is 39.6. The number of hydrogen-bond acceptors (Lipinski definition) is 1. The lowest BCUT2D eigenvalue weighted by molar-refractivity contribution is -0.138. The van der Waals surface area contributed by atoms with E-state index in [2.05, 4.69) is 22.9 Å². The van der Waals surface area contributed by atoms with Crippen molar-refractivity contribution in [1.29, 1.82) is 0 Å². The van der Waals surface area contributed by atoms with Crippen molar-refractivity contribution in [2.75, 3.05) is 13.1 Å². The van der Waals surface area contributed by atoms with Crippen LogP contribution in [0.4, 0.5) is 13.2 Å². The van der Waals surface area contributed by atoms with Gasteiger partial charge in [-0.15, -0.1) is 0 Å². The Morgan fingerprint density at radius 1 is 1.29 bits per heavy atom. The molecule has 0 saturated carbocycles. The highest BCUT2D eigenvalue weighted by atomic mass is 79.9. The molecule has 6 heteroatoms. The van der Waals surface area contributed by atoms with Crippen LogP contribution in [-0.4, -0.2) is 23.9 Å². The van der Waals surface area contributed by atoms with Crippen molar-refractivity contribution in [1.82, 2.24) is 4.90 Å². The Labute approximate surface area is 130 Å². The first-order chi connectivity index (χ1) is 9.79. The maximum absolute atomic E-state index is 13.1. The lowest BCUT2D eigenvalue weighted by Gasteiger charge is -2.22. The summed E-state index contributed by atoms with van der Waals surface area (Å²) in [6.07, 6.45) is -1.85. The second-order valence-electron chi connectivity index (χ2n) is 5.52. The number of alkyl halides is 3. The highest BCUT2D eigenvalue weighted by Gasteiger charge is 2.36. The van der Waals surface area contributed by atoms with Crippen molar-refractivity contribution in [2.45, 2.75) is 32.4 Å². The molecule has 1 fully saturated rings. The number of benzene rings is 1. The Hall–Kier alpha value is -1.04. The van der Waals surface area contributed by atoms with Crippen molar-refractivity contribution in [2.24, 2.45) is 5.92 Å². The molecule has 0 spiro atoms. The van der Waals surface area contributed by atoms with E-state index in [0.29, 0.717) is 23.5 Å². The Kier molecular flexibility index (Phi) is 4.96. The molecule has 21 heavy (non-hydrogen) atoms. The van der Waals surface area contributed by atoms with Gasteiger partial charge >= 0.3 is 6.18 Å². The molecule has 116 valence electrons. The van der Waals surface area contributed by atoms with Crippen molar-refractivity contribution >= 4 is 21.8 Å². The van der Waals surface area contributed by atoms with Crippen LogP contribution in [0, 0.1) is 5.92 Å². The predicted molar refractivity (Wildman–Crippen MR) is 78.1 cm³/mol. The summed E-state index contributed by atoms with van der Waals surface area (Å²) in [4.78, 5) is 14.0. The molecule has 1 heterocycles. The average Bonchev–Trinajstić information content (AvgIpc) is 2.62. The first kappa shape index (κ1) is 16.3. The molecule has 1 saturated heterocycles. The Morgan fingerprint density at radius 3 is 2.67 bits per heavy atom. The van der Waals surface area contributed by atoms with Gasteiger partial charge in [0.1, 0.15) is 0 Å². The van der Waals surface area contributed by atoms with Crippen LogP contribution in [0.2, 0.25) is 0 Å². The van der Waals surface area contributed by atoms with E-state index >= 15 is 0 Å². The normalized spacial score (nSPS) is 20.2. The summed E-state index contributed by atoms with van der Waals surface area (Å²) in [5.74, 6) is -0.0151. The smallest absolute Gasteiger partial charge is 0.339 e. The standard InChI is InChI=1S/C15H17BrF3NO/c1-10-3-2-7-20(8-6-10)14(21)12-5-4-11(16)9-13(12)15(17,18)19/h4-5,9-10H,2-3,6-8H2,1H3. The molecule has 1 aromatic carbocycles. The Bertz CT molecular complexity index is 530. The lowest BCUT2D eigenvalue weighted by atomic mass is 10.0. The van der Waals surface area contributed by atoms with Gasteiger partial charge in [0.15, 0.2) is 0 Å². The third kappa shape index (κ3) is 3.99. The fourth-order valence-electron chi connectivity index (χ4n) is 2.57. The minimum absolute atomic E-state index is 0.264. The molecule has 1 aliphatic heterocycles. The van der Waals surface area contributed by atoms with Crippen LogP contribution < -0.4 is 0 Å². The molecule has 0 aliphatic carbocycles. The van der Waals surface area contributed by atoms with E-state index in [1.54, 1.807) is 4.90 Å². The van der Waals surface area contributed by atoms with E-state index < -0.39 is 17.6 Å². The number of amides is 1. The number of nitrogens with zero attached hydrogens (tertiary/aromatic N) is 1. The molecular weight excluding hydrogens is 347 g/mol. The second kappa shape index (κ2) is 6.38. The molecule has 0 radical (unpaired) electrons. The summed E-state index contributed by atoms with van der Waals surface area (Å²) in [7, 11) is 0. The van der Waals surface area contributed by atoms with Gasteiger partial charge < -0.3 is 4.90 Å². The fourth-order valence-corrected chi connectivity index (χ4v) is 2.93. The number of halogens is 4. The zero-order valence-electron chi connectivity index (χ0n) is 11.7. The highest BCUT2D eigenvalue weighted by molar-refractivity contribution is 9.10. The van der Waals surface area contributed by atoms with Gasteiger partial charge in [-0.2, -0.15) is 13.2 Å². The van der Waals surface area contributed by atoms with Crippen LogP contribution in [0.3, 0.4) is 0 Å². The monoisotopic (exact) mass is 363 g/mol. The summed E-state index contributed by atoms with van der Waals surface area (Å²) in [6.45, 7) is 3.15. The van der Waals surface area contributed by atoms with Crippen LogP contribution in [0.5, 0.6) is 0 Å². The van der Waals surface area contributed by atoms with E-state index in [-0.39, 0.29) is 5.56 Å². The fraction of sp³-hybridized carbons (Fsp3) is 0.533. The number of carbonyl (C=O) groups is 1. The van der Waals surface area contributed by atoms with Gasteiger partial charge in [0.2, 0.25) is 0 Å². The molecule has 0 N–H and O–H groups in total. The zero-order valence-corrected chi connectivity index (χ0v) is 13.3. The van der Waals surface area contributed by atoms with Crippen molar-refractivity contribution in [3.05, 3.63) is 33.8 Å². The van der Waals surface area contributed by atoms with Gasteiger partial charge in [-0.05, 0) is 43.4 Å². The number of likely N-dealkylation sites (tertiary alicyclic amines) is 1. The van der Waals surface area contributed by atoms with Gasteiger partial charge in [-0.1, -0.05) is 22.9 Å². The minimum atomic E-state index is -4.53. The van der Waals surface area contributed by atoms with Crippen LogP contribution in [0.15, 0.2) is 22.7 Å². The maximum atomic E-state index is 13.1. The van der Waals surface area contributed by atoms with Crippen molar-refractivity contribution < 1.29 is 18.0 Å². The largest absolute Gasteiger partial charge is 0.417 e. The number of hydrogen-bond donors (Lipinski definition) is 0. The van der Waals surface area contributed by atoms with Crippen LogP contribution in [-0.2, 0) is 6.18 Å². The summed E-state index contributed by atoms with van der Waals surface area (Å²) in [6, 6.07) is 3.69. The van der Waals surface area contributed by atoms with E-state index in [1.165, 1.54) is 12.1 Å². The quantitative estimate of drug-likeness (QED) is 0.706. The van der Waals surface area contributed by atoms with Crippen LogP contribution in [0.1, 0.15) is 42.1 Å². The highest BCUT2D eigenvalue weighted by Crippen LogP contribution is 2.34. The first-order valence-electron chi connectivity index (χ1n) is 6.95. The van der Waals surface area contributed by atoms with Crippen molar-refractivity contribution in [3.63, 3.8) is 0 Å². The average molecular weight is 364 g/mol. The molecule has 1 amide bonds. The predicted octanol–water partition coefficient (Wildman–Crippen LogP) is 4.73. The minimum Gasteiger partial charge on any atom is -0.339 e. The Balaban J connectivity index is 2.30. The maximum Gasteiger partial charge on any atom is 0.417 e. The molecule has 0 bridgehead atoms. The summed E-state index contributed by atoms with van der Waals surface area (Å²) in [5, 5.41) is 0. The third-order valence-corrected chi connectivity index (χ3v) is 4.31. The van der Waals surface area contributed by atoms with E-state index in [1.807, 2.05) is 0 Å². The second-order valence-corrected chi connectivity index (χ2v) is 6.43. The number of carbonyl (C=O) groups excluding carboxylic acids is 1. The van der Waals surface area contributed by atoms with E-state index in [4.69, 9.17) is 0 Å². The van der Waals surface area contributed by atoms with E-state index in [9.17, 15) is 18.0 Å². The van der Waals surface area contributed by atoms with Gasteiger partial charge in [0.05, 0.1) is 11.1 Å². The molecule has 1 aliphatic rings. The molecule has 2 rings (SSSR count). The SMILES string of the molecule is CC1CCCN(C(=O)c2ccc(Br)cc2C(F)(F)F)CC1.